The van der Waals surface area contributed by atoms with Gasteiger partial charge in [-0.3, -0.25) is 4.99 Å². The third-order valence-electron chi connectivity index (χ3n) is 1.69. The Bertz CT molecular complexity index is 176. The summed E-state index contributed by atoms with van der Waals surface area (Å²) in [5.74, 6) is 0. The highest BCUT2D eigenvalue weighted by Crippen LogP contribution is 2.20. The molecule has 62 valence electrons. The highest BCUT2D eigenvalue weighted by atomic mass is 32.2. The van der Waals surface area contributed by atoms with Crippen LogP contribution < -0.4 is 5.73 Å². The first-order valence-electron chi connectivity index (χ1n) is 3.53. The Morgan fingerprint density at radius 1 is 1.73 bits per heavy atom. The second-order valence-corrected chi connectivity index (χ2v) is 3.94. The summed E-state index contributed by atoms with van der Waals surface area (Å²) in [5, 5.41) is 0.154. The Balaban J connectivity index is 2.47. The zero-order chi connectivity index (χ0) is 8.32. The van der Waals surface area contributed by atoms with E-state index in [2.05, 4.69) is 9.98 Å². The average molecular weight is 171 g/mol. The van der Waals surface area contributed by atoms with Crippen LogP contribution in [0.5, 0.6) is 0 Å². The van der Waals surface area contributed by atoms with Crippen molar-refractivity contribution < 1.29 is 0 Å². The maximum atomic E-state index is 5.77. The van der Waals surface area contributed by atoms with Crippen LogP contribution in [0.4, 0.5) is 0 Å². The molecule has 4 heteroatoms. The van der Waals surface area contributed by atoms with Crippen LogP contribution in [0.3, 0.4) is 0 Å². The van der Waals surface area contributed by atoms with Crippen LogP contribution >= 0.6 is 11.8 Å². The second-order valence-electron chi connectivity index (χ2n) is 2.86. The molecule has 0 aromatic carbocycles. The Labute approximate surface area is 71.2 Å². The molecule has 0 bridgehead atoms. The zero-order valence-electron chi connectivity index (χ0n) is 6.82. The number of rotatable bonds is 3. The van der Waals surface area contributed by atoms with Crippen LogP contribution in [0.2, 0.25) is 0 Å². The first-order chi connectivity index (χ1) is 5.16. The van der Waals surface area contributed by atoms with Crippen LogP contribution in [0.1, 0.15) is 13.3 Å². The first kappa shape index (κ1) is 8.74. The summed E-state index contributed by atoms with van der Waals surface area (Å²) in [6, 6.07) is 0. The van der Waals surface area contributed by atoms with Gasteiger partial charge in [-0.1, -0.05) is 0 Å². The Morgan fingerprint density at radius 3 is 2.91 bits per heavy atom. The molecule has 0 spiro atoms. The largest absolute Gasteiger partial charge is 0.319 e. The van der Waals surface area contributed by atoms with Crippen LogP contribution in [-0.4, -0.2) is 29.7 Å². The smallest absolute Gasteiger partial charge is 0.110 e. The summed E-state index contributed by atoms with van der Waals surface area (Å²) in [6.07, 6.45) is 6.30. The van der Waals surface area contributed by atoms with E-state index in [-0.39, 0.29) is 10.9 Å². The van der Waals surface area contributed by atoms with E-state index in [1.807, 2.05) is 19.4 Å². The molecule has 1 rings (SSSR count). The van der Waals surface area contributed by atoms with Gasteiger partial charge in [-0.2, -0.15) is 0 Å². The van der Waals surface area contributed by atoms with E-state index in [9.17, 15) is 0 Å². The number of hydrogen-bond donors (Lipinski definition) is 1. The molecule has 3 nitrogen and oxygen atoms in total. The van der Waals surface area contributed by atoms with E-state index in [1.54, 1.807) is 18.1 Å². The third kappa shape index (κ3) is 2.31. The van der Waals surface area contributed by atoms with Crippen molar-refractivity contribution in [2.45, 2.75) is 24.3 Å². The van der Waals surface area contributed by atoms with Crippen molar-refractivity contribution in [3.63, 3.8) is 0 Å². The van der Waals surface area contributed by atoms with Gasteiger partial charge in [0.05, 0.1) is 10.9 Å². The van der Waals surface area contributed by atoms with Gasteiger partial charge in [0.1, 0.15) is 6.34 Å². The van der Waals surface area contributed by atoms with E-state index in [0.717, 1.165) is 6.42 Å². The second kappa shape index (κ2) is 3.36. The Kier molecular flexibility index (Phi) is 2.67. The number of aliphatic imine (C=N–C) groups is 2. The van der Waals surface area contributed by atoms with Gasteiger partial charge in [-0.25, -0.2) is 4.99 Å². The van der Waals surface area contributed by atoms with E-state index < -0.39 is 0 Å². The van der Waals surface area contributed by atoms with Gasteiger partial charge >= 0.3 is 0 Å². The van der Waals surface area contributed by atoms with Crippen LogP contribution in [0, 0.1) is 0 Å². The van der Waals surface area contributed by atoms with E-state index in [4.69, 9.17) is 5.73 Å². The molecule has 2 N–H and O–H groups in total. The number of nitrogens with two attached hydrogens (primary N) is 1. The van der Waals surface area contributed by atoms with Crippen molar-refractivity contribution in [2.75, 3.05) is 6.26 Å². The van der Waals surface area contributed by atoms with Crippen molar-refractivity contribution >= 4 is 24.3 Å². The van der Waals surface area contributed by atoms with Gasteiger partial charge in [0.25, 0.3) is 0 Å². The fourth-order valence-corrected chi connectivity index (χ4v) is 1.49. The van der Waals surface area contributed by atoms with Gasteiger partial charge in [0.15, 0.2) is 0 Å². The van der Waals surface area contributed by atoms with Gasteiger partial charge in [0.2, 0.25) is 0 Å². The molecule has 0 saturated carbocycles. The number of nitrogens with zero attached hydrogens (tertiary/aromatic N) is 2. The van der Waals surface area contributed by atoms with Crippen molar-refractivity contribution in [3.8, 4) is 0 Å². The van der Waals surface area contributed by atoms with Crippen LogP contribution in [-0.2, 0) is 0 Å². The lowest BCUT2D eigenvalue weighted by Gasteiger charge is -2.19. The molecule has 1 aliphatic rings. The fourth-order valence-electron chi connectivity index (χ4n) is 0.989. The Hall–Kier alpha value is -0.350. The quantitative estimate of drug-likeness (QED) is 0.641. The first-order valence-corrected chi connectivity index (χ1v) is 4.81. The molecule has 0 aliphatic carbocycles. The van der Waals surface area contributed by atoms with Gasteiger partial charge in [-0.15, -0.1) is 11.8 Å². The van der Waals surface area contributed by atoms with E-state index in [1.165, 1.54) is 0 Å². The molecule has 1 heterocycles. The highest BCUT2D eigenvalue weighted by Gasteiger charge is 2.25. The standard InChI is InChI=1S/C7H13N3S/c1-7(3-6(8)11-2)4-9-5-10-7/h4-6H,3,8H2,1-2H3. The maximum Gasteiger partial charge on any atom is 0.110 e. The Morgan fingerprint density at radius 2 is 2.45 bits per heavy atom. The summed E-state index contributed by atoms with van der Waals surface area (Å²) in [7, 11) is 0. The SMILES string of the molecule is CSC(N)CC1(C)C=NC=N1. The molecular formula is C7H13N3S. The lowest BCUT2D eigenvalue weighted by Crippen LogP contribution is -2.31. The summed E-state index contributed by atoms with van der Waals surface area (Å²) in [4.78, 5) is 8.16. The average Bonchev–Trinajstić information content (AvgIpc) is 2.36. The normalized spacial score (nSPS) is 31.2. The molecular weight excluding hydrogens is 158 g/mol. The topological polar surface area (TPSA) is 50.7 Å². The van der Waals surface area contributed by atoms with Crippen LogP contribution in [0.15, 0.2) is 9.98 Å². The van der Waals surface area contributed by atoms with Crippen molar-refractivity contribution in [1.82, 2.24) is 0 Å². The highest BCUT2D eigenvalue weighted by molar-refractivity contribution is 7.99. The minimum Gasteiger partial charge on any atom is -0.319 e. The molecule has 0 radical (unpaired) electrons. The summed E-state index contributed by atoms with van der Waals surface area (Å²) < 4.78 is 0. The van der Waals surface area contributed by atoms with Gasteiger partial charge < -0.3 is 5.73 Å². The van der Waals surface area contributed by atoms with E-state index >= 15 is 0 Å². The summed E-state index contributed by atoms with van der Waals surface area (Å²) in [5.41, 5.74) is 5.62. The molecule has 0 aromatic heterocycles. The van der Waals surface area contributed by atoms with Crippen molar-refractivity contribution in [1.29, 1.82) is 0 Å². The lowest BCUT2D eigenvalue weighted by molar-refractivity contribution is 0.581. The molecule has 2 atom stereocenters. The number of thioether (sulfide) groups is 1. The molecule has 1 aliphatic heterocycles. The van der Waals surface area contributed by atoms with Crippen molar-refractivity contribution in [2.24, 2.45) is 15.7 Å². The summed E-state index contributed by atoms with van der Waals surface area (Å²) >= 11 is 1.65. The fraction of sp³-hybridized carbons (Fsp3) is 0.714. The van der Waals surface area contributed by atoms with Gasteiger partial charge in [-0.05, 0) is 13.2 Å². The van der Waals surface area contributed by atoms with Gasteiger partial charge in [0, 0.05) is 12.6 Å². The molecule has 0 fully saturated rings. The molecule has 2 unspecified atom stereocenters. The molecule has 11 heavy (non-hydrogen) atoms. The molecule has 0 aromatic rings. The summed E-state index contributed by atoms with van der Waals surface area (Å²) in [6.45, 7) is 2.04. The predicted octanol–water partition coefficient (Wildman–Crippen LogP) is 0.896. The minimum absolute atomic E-state index is 0.150. The number of hydrogen-bond acceptors (Lipinski definition) is 4. The lowest BCUT2D eigenvalue weighted by atomic mass is 10.0. The van der Waals surface area contributed by atoms with Crippen LogP contribution in [0.25, 0.3) is 0 Å². The third-order valence-corrected chi connectivity index (χ3v) is 2.46. The van der Waals surface area contributed by atoms with E-state index in [0.29, 0.717) is 0 Å². The predicted molar refractivity (Wildman–Crippen MR) is 51.5 cm³/mol. The monoisotopic (exact) mass is 171 g/mol. The molecule has 0 amide bonds. The zero-order valence-corrected chi connectivity index (χ0v) is 7.64. The molecule has 0 saturated heterocycles. The van der Waals surface area contributed by atoms with Crippen molar-refractivity contribution in [3.05, 3.63) is 0 Å². The minimum atomic E-state index is -0.150. The maximum absolute atomic E-state index is 5.77.